The van der Waals surface area contributed by atoms with E-state index < -0.39 is 11.8 Å². The predicted molar refractivity (Wildman–Crippen MR) is 87.8 cm³/mol. The van der Waals surface area contributed by atoms with Crippen molar-refractivity contribution < 1.29 is 19.1 Å². The fraction of sp³-hybridized carbons (Fsp3) is 0.438. The largest absolute Gasteiger partial charge is 0.490 e. The highest BCUT2D eigenvalue weighted by atomic mass is 16.5. The van der Waals surface area contributed by atoms with Crippen LogP contribution in [-0.2, 0) is 9.59 Å². The fourth-order valence-electron chi connectivity index (χ4n) is 1.69. The Morgan fingerprint density at radius 1 is 1.13 bits per heavy atom. The maximum absolute atomic E-state index is 11.5. The number of ether oxygens (including phenoxy) is 2. The van der Waals surface area contributed by atoms with E-state index in [2.05, 4.69) is 15.8 Å². The number of hydrazone groups is 1. The van der Waals surface area contributed by atoms with Crippen LogP contribution in [-0.4, -0.2) is 37.3 Å². The smallest absolute Gasteiger partial charge is 0.329 e. The van der Waals surface area contributed by atoms with Gasteiger partial charge in [-0.25, -0.2) is 5.43 Å². The van der Waals surface area contributed by atoms with Gasteiger partial charge in [0.25, 0.3) is 0 Å². The highest BCUT2D eigenvalue weighted by molar-refractivity contribution is 6.35. The highest BCUT2D eigenvalue weighted by Gasteiger charge is 2.13. The minimum absolute atomic E-state index is 0.114. The van der Waals surface area contributed by atoms with Gasteiger partial charge in [0.05, 0.1) is 19.4 Å². The van der Waals surface area contributed by atoms with Crippen LogP contribution < -0.4 is 20.2 Å². The van der Waals surface area contributed by atoms with Crippen LogP contribution in [0.3, 0.4) is 0 Å². The molecule has 0 unspecified atom stereocenters. The predicted octanol–water partition coefficient (Wildman–Crippen LogP) is 1.46. The van der Waals surface area contributed by atoms with Crippen molar-refractivity contribution in [1.82, 2.24) is 10.7 Å². The normalized spacial score (nSPS) is 10.7. The van der Waals surface area contributed by atoms with E-state index >= 15 is 0 Å². The van der Waals surface area contributed by atoms with Crippen molar-refractivity contribution in [1.29, 1.82) is 0 Å². The van der Waals surface area contributed by atoms with Crippen LogP contribution in [0.15, 0.2) is 23.3 Å². The molecule has 0 fully saturated rings. The van der Waals surface area contributed by atoms with E-state index in [0.717, 1.165) is 0 Å². The number of hydrogen-bond acceptors (Lipinski definition) is 5. The van der Waals surface area contributed by atoms with Gasteiger partial charge < -0.3 is 14.8 Å². The van der Waals surface area contributed by atoms with Gasteiger partial charge in [0.1, 0.15) is 0 Å². The lowest BCUT2D eigenvalue weighted by molar-refractivity contribution is -0.139. The Kier molecular flexibility index (Phi) is 7.59. The maximum Gasteiger partial charge on any atom is 0.329 e. The quantitative estimate of drug-likeness (QED) is 0.452. The Hall–Kier alpha value is -2.57. The molecule has 0 radical (unpaired) electrons. The molecule has 7 heteroatoms. The third kappa shape index (κ3) is 6.37. The number of rotatable bonds is 7. The maximum atomic E-state index is 11.5. The van der Waals surface area contributed by atoms with Crippen LogP contribution in [0.25, 0.3) is 0 Å². The van der Waals surface area contributed by atoms with Gasteiger partial charge in [0.15, 0.2) is 11.5 Å². The number of nitrogens with zero attached hydrogens (tertiary/aromatic N) is 1. The zero-order valence-corrected chi connectivity index (χ0v) is 13.9. The molecule has 0 saturated carbocycles. The molecule has 2 amide bonds. The summed E-state index contributed by atoms with van der Waals surface area (Å²) in [4.78, 5) is 22.9. The Morgan fingerprint density at radius 2 is 1.78 bits per heavy atom. The summed E-state index contributed by atoms with van der Waals surface area (Å²) < 4.78 is 11.0. The second-order valence-electron chi connectivity index (χ2n) is 4.90. The van der Waals surface area contributed by atoms with Crippen molar-refractivity contribution in [3.8, 4) is 11.5 Å². The standard InChI is InChI=1S/C16H23N3O4/c1-5-22-13-8-7-12(9-14(13)23-6-2)10-17-19-16(21)15(20)18-11(3)4/h7-11H,5-6H2,1-4H3,(H,18,20)(H,19,21)/b17-10-. The van der Waals surface area contributed by atoms with Crippen molar-refractivity contribution in [2.75, 3.05) is 13.2 Å². The van der Waals surface area contributed by atoms with E-state index in [-0.39, 0.29) is 6.04 Å². The minimum Gasteiger partial charge on any atom is -0.490 e. The average molecular weight is 321 g/mol. The second-order valence-corrected chi connectivity index (χ2v) is 4.90. The van der Waals surface area contributed by atoms with Gasteiger partial charge in [-0.15, -0.1) is 0 Å². The first-order valence-corrected chi connectivity index (χ1v) is 7.51. The van der Waals surface area contributed by atoms with E-state index in [9.17, 15) is 9.59 Å². The van der Waals surface area contributed by atoms with Crippen LogP contribution in [0, 0.1) is 0 Å². The summed E-state index contributed by atoms with van der Waals surface area (Å²) in [6.07, 6.45) is 1.43. The van der Waals surface area contributed by atoms with E-state index in [1.807, 2.05) is 13.8 Å². The molecule has 0 aliphatic heterocycles. The molecule has 1 aromatic carbocycles. The zero-order valence-electron chi connectivity index (χ0n) is 13.9. The summed E-state index contributed by atoms with van der Waals surface area (Å²) in [5.74, 6) is -0.293. The molecule has 0 bridgehead atoms. The SMILES string of the molecule is CCOc1ccc(/C=N\NC(=O)C(=O)NC(C)C)cc1OCC. The molecule has 0 aromatic heterocycles. The van der Waals surface area contributed by atoms with Crippen molar-refractivity contribution in [2.45, 2.75) is 33.7 Å². The molecule has 0 saturated heterocycles. The van der Waals surface area contributed by atoms with Crippen molar-refractivity contribution in [3.05, 3.63) is 23.8 Å². The molecule has 23 heavy (non-hydrogen) atoms. The second kappa shape index (κ2) is 9.45. The molecule has 0 atom stereocenters. The molecule has 126 valence electrons. The number of hydrogen-bond donors (Lipinski definition) is 2. The summed E-state index contributed by atoms with van der Waals surface area (Å²) in [5, 5.41) is 6.24. The molecular formula is C16H23N3O4. The molecule has 0 aliphatic rings. The summed E-state index contributed by atoms with van der Waals surface area (Å²) >= 11 is 0. The third-order valence-electron chi connectivity index (χ3n) is 2.57. The van der Waals surface area contributed by atoms with E-state index in [1.165, 1.54) is 6.21 Å². The summed E-state index contributed by atoms with van der Waals surface area (Å²) in [7, 11) is 0. The van der Waals surface area contributed by atoms with Crippen molar-refractivity contribution >= 4 is 18.0 Å². The van der Waals surface area contributed by atoms with Gasteiger partial charge in [-0.2, -0.15) is 5.10 Å². The lowest BCUT2D eigenvalue weighted by Gasteiger charge is -2.11. The van der Waals surface area contributed by atoms with Gasteiger partial charge >= 0.3 is 11.8 Å². The van der Waals surface area contributed by atoms with Crippen LogP contribution in [0.5, 0.6) is 11.5 Å². The molecular weight excluding hydrogens is 298 g/mol. The first kappa shape index (κ1) is 18.5. The molecule has 0 heterocycles. The fourth-order valence-corrected chi connectivity index (χ4v) is 1.69. The lowest BCUT2D eigenvalue weighted by Crippen LogP contribution is -2.41. The molecule has 7 nitrogen and oxygen atoms in total. The molecule has 0 aliphatic carbocycles. The van der Waals surface area contributed by atoms with Crippen LogP contribution >= 0.6 is 0 Å². The topological polar surface area (TPSA) is 89.0 Å². The lowest BCUT2D eigenvalue weighted by atomic mass is 10.2. The van der Waals surface area contributed by atoms with Gasteiger partial charge in [-0.1, -0.05) is 0 Å². The molecule has 0 spiro atoms. The molecule has 1 aromatic rings. The van der Waals surface area contributed by atoms with Gasteiger partial charge in [0, 0.05) is 6.04 Å². The van der Waals surface area contributed by atoms with Gasteiger partial charge in [0.2, 0.25) is 0 Å². The minimum atomic E-state index is -0.814. The summed E-state index contributed by atoms with van der Waals surface area (Å²) in [5.41, 5.74) is 2.88. The molecule has 2 N–H and O–H groups in total. The van der Waals surface area contributed by atoms with Crippen molar-refractivity contribution in [3.63, 3.8) is 0 Å². The Balaban J connectivity index is 2.71. The van der Waals surface area contributed by atoms with Gasteiger partial charge in [-0.05, 0) is 51.5 Å². The number of carbonyl (C=O) groups excluding carboxylic acids is 2. The third-order valence-corrected chi connectivity index (χ3v) is 2.57. The first-order chi connectivity index (χ1) is 11.0. The van der Waals surface area contributed by atoms with Gasteiger partial charge in [-0.3, -0.25) is 9.59 Å². The van der Waals surface area contributed by atoms with Crippen LogP contribution in [0.4, 0.5) is 0 Å². The van der Waals surface area contributed by atoms with E-state index in [0.29, 0.717) is 30.3 Å². The van der Waals surface area contributed by atoms with Crippen LogP contribution in [0.1, 0.15) is 33.3 Å². The molecule has 1 rings (SSSR count). The first-order valence-electron chi connectivity index (χ1n) is 7.51. The Labute approximate surface area is 136 Å². The number of nitrogens with one attached hydrogen (secondary N) is 2. The number of benzene rings is 1. The number of carbonyl (C=O) groups is 2. The highest BCUT2D eigenvalue weighted by Crippen LogP contribution is 2.27. The monoisotopic (exact) mass is 321 g/mol. The van der Waals surface area contributed by atoms with E-state index in [1.54, 1.807) is 32.0 Å². The Bertz CT molecular complexity index is 570. The average Bonchev–Trinajstić information content (AvgIpc) is 2.49. The van der Waals surface area contributed by atoms with Crippen LogP contribution in [0.2, 0.25) is 0 Å². The zero-order chi connectivity index (χ0) is 17.2. The Morgan fingerprint density at radius 3 is 2.39 bits per heavy atom. The summed E-state index contributed by atoms with van der Waals surface area (Å²) in [6, 6.07) is 5.18. The van der Waals surface area contributed by atoms with Crippen molar-refractivity contribution in [2.24, 2.45) is 5.10 Å². The van der Waals surface area contributed by atoms with E-state index in [4.69, 9.17) is 9.47 Å². The summed E-state index contributed by atoms with van der Waals surface area (Å²) in [6.45, 7) is 8.35. The number of amides is 2.